The molecule has 2 atom stereocenters. The van der Waals surface area contributed by atoms with Crippen molar-refractivity contribution in [3.8, 4) is 17.2 Å². The van der Waals surface area contributed by atoms with Crippen molar-refractivity contribution in [2.45, 2.75) is 25.6 Å². The number of aryl methyl sites for hydroxylation is 1. The molecule has 0 spiro atoms. The number of benzene rings is 2. The van der Waals surface area contributed by atoms with Gasteiger partial charge in [0.2, 0.25) is 5.89 Å². The predicted octanol–water partition coefficient (Wildman–Crippen LogP) is 5.93. The molecule has 0 radical (unpaired) electrons. The minimum atomic E-state index is -1.37. The standard InChI is InChI=1S/C24H21Cl2NO6S/c1-12-18(27-23(33-12)13-9-14(25)11-15(26)10-13)5-7-32-19-4-3-17(22-16(19)6-8-34-22)20(28)21(31-2)24(29)30/h3-4,6,8-11,20-21,28H,5,7H2,1-2H3,(H,29,30). The van der Waals surface area contributed by atoms with Gasteiger partial charge in [0.1, 0.15) is 17.6 Å². The van der Waals surface area contributed by atoms with Crippen LogP contribution in [0.2, 0.25) is 10.0 Å². The topological polar surface area (TPSA) is 102 Å². The Balaban J connectivity index is 1.49. The van der Waals surface area contributed by atoms with E-state index >= 15 is 0 Å². The highest BCUT2D eigenvalue weighted by Gasteiger charge is 2.29. The van der Waals surface area contributed by atoms with E-state index < -0.39 is 18.2 Å². The molecule has 4 rings (SSSR count). The van der Waals surface area contributed by atoms with Crippen molar-refractivity contribution in [1.82, 2.24) is 4.98 Å². The lowest BCUT2D eigenvalue weighted by atomic mass is 10.0. The van der Waals surface area contributed by atoms with E-state index in [1.54, 1.807) is 30.3 Å². The summed E-state index contributed by atoms with van der Waals surface area (Å²) >= 11 is 13.6. The zero-order valence-corrected chi connectivity index (χ0v) is 20.6. The number of rotatable bonds is 9. The summed E-state index contributed by atoms with van der Waals surface area (Å²) < 4.78 is 17.5. The zero-order chi connectivity index (χ0) is 24.4. The first-order valence-corrected chi connectivity index (χ1v) is 11.9. The number of fused-ring (bicyclic) bond motifs is 1. The SMILES string of the molecule is COC(C(=O)O)C(O)c1ccc(OCCc2nc(-c3cc(Cl)cc(Cl)c3)oc2C)c2ccsc12. The second-order valence-electron chi connectivity index (χ2n) is 7.53. The number of aliphatic hydroxyl groups excluding tert-OH is 1. The third-order valence-electron chi connectivity index (χ3n) is 5.31. The van der Waals surface area contributed by atoms with Crippen molar-refractivity contribution in [2.75, 3.05) is 13.7 Å². The van der Waals surface area contributed by atoms with Crippen molar-refractivity contribution >= 4 is 50.6 Å². The largest absolute Gasteiger partial charge is 0.493 e. The van der Waals surface area contributed by atoms with E-state index in [9.17, 15) is 15.0 Å². The van der Waals surface area contributed by atoms with Gasteiger partial charge in [-0.3, -0.25) is 0 Å². The van der Waals surface area contributed by atoms with Crippen molar-refractivity contribution in [2.24, 2.45) is 0 Å². The van der Waals surface area contributed by atoms with Gasteiger partial charge >= 0.3 is 5.97 Å². The quantitative estimate of drug-likeness (QED) is 0.281. The molecule has 2 aromatic heterocycles. The maximum absolute atomic E-state index is 11.4. The maximum atomic E-state index is 11.4. The van der Waals surface area contributed by atoms with Crippen LogP contribution in [0.5, 0.6) is 5.75 Å². The Labute approximate surface area is 209 Å². The number of carboxylic acids is 1. The average Bonchev–Trinajstić information content (AvgIpc) is 3.41. The highest BCUT2D eigenvalue weighted by molar-refractivity contribution is 7.17. The molecule has 178 valence electrons. The van der Waals surface area contributed by atoms with Crippen LogP contribution in [-0.4, -0.2) is 41.0 Å². The molecule has 4 aromatic rings. The molecule has 0 bridgehead atoms. The molecule has 0 saturated carbocycles. The van der Waals surface area contributed by atoms with Crippen LogP contribution in [0.1, 0.15) is 23.1 Å². The summed E-state index contributed by atoms with van der Waals surface area (Å²) in [5.41, 5.74) is 1.92. The number of aromatic nitrogens is 1. The van der Waals surface area contributed by atoms with E-state index in [0.29, 0.717) is 51.6 Å². The molecular weight excluding hydrogens is 501 g/mol. The molecule has 0 saturated heterocycles. The van der Waals surface area contributed by atoms with E-state index in [-0.39, 0.29) is 0 Å². The predicted molar refractivity (Wildman–Crippen MR) is 131 cm³/mol. The maximum Gasteiger partial charge on any atom is 0.335 e. The highest BCUT2D eigenvalue weighted by Crippen LogP contribution is 2.37. The number of ether oxygens (including phenoxy) is 2. The van der Waals surface area contributed by atoms with Gasteiger partial charge < -0.3 is 24.1 Å². The molecule has 10 heteroatoms. The Kier molecular flexibility index (Phi) is 7.45. The Morgan fingerprint density at radius 3 is 2.62 bits per heavy atom. The van der Waals surface area contributed by atoms with Crippen molar-refractivity contribution < 1.29 is 28.9 Å². The first-order valence-electron chi connectivity index (χ1n) is 10.3. The molecule has 2 heterocycles. The first-order chi connectivity index (χ1) is 16.3. The molecule has 0 fully saturated rings. The van der Waals surface area contributed by atoms with Gasteiger partial charge in [0.15, 0.2) is 6.10 Å². The van der Waals surface area contributed by atoms with Crippen molar-refractivity contribution in [3.05, 3.63) is 68.8 Å². The summed E-state index contributed by atoms with van der Waals surface area (Å²) in [7, 11) is 1.25. The molecule has 2 N–H and O–H groups in total. The van der Waals surface area contributed by atoms with Gasteiger partial charge in [-0.1, -0.05) is 29.3 Å². The number of aliphatic hydroxyl groups is 1. The van der Waals surface area contributed by atoms with Gasteiger partial charge in [0, 0.05) is 44.8 Å². The molecule has 0 aliphatic heterocycles. The number of halogens is 2. The van der Waals surface area contributed by atoms with Crippen molar-refractivity contribution in [3.63, 3.8) is 0 Å². The molecule has 0 amide bonds. The number of oxazole rings is 1. The fourth-order valence-electron chi connectivity index (χ4n) is 3.66. The second-order valence-corrected chi connectivity index (χ2v) is 9.32. The fraction of sp³-hybridized carbons (Fsp3) is 0.250. The van der Waals surface area contributed by atoms with Crippen LogP contribution in [0.4, 0.5) is 0 Å². The summed E-state index contributed by atoms with van der Waals surface area (Å²) in [5, 5.41) is 23.5. The fourth-order valence-corrected chi connectivity index (χ4v) is 5.15. The third-order valence-corrected chi connectivity index (χ3v) is 6.71. The van der Waals surface area contributed by atoms with Gasteiger partial charge in [-0.25, -0.2) is 9.78 Å². The lowest BCUT2D eigenvalue weighted by molar-refractivity contribution is -0.155. The van der Waals surface area contributed by atoms with Gasteiger partial charge in [-0.15, -0.1) is 11.3 Å². The van der Waals surface area contributed by atoms with Crippen molar-refractivity contribution in [1.29, 1.82) is 0 Å². The molecule has 0 aliphatic rings. The van der Waals surface area contributed by atoms with Crippen LogP contribution in [-0.2, 0) is 16.0 Å². The van der Waals surface area contributed by atoms with Gasteiger partial charge in [-0.05, 0) is 42.6 Å². The molecule has 0 aliphatic carbocycles. The summed E-state index contributed by atoms with van der Waals surface area (Å²) in [5.74, 6) is 0.497. The molecule has 2 aromatic carbocycles. The number of carboxylic acid groups (broad SMARTS) is 1. The second kappa shape index (κ2) is 10.3. The molecular formula is C24H21Cl2NO6S. The first kappa shape index (κ1) is 24.5. The lowest BCUT2D eigenvalue weighted by Crippen LogP contribution is -2.29. The molecule has 2 unspecified atom stereocenters. The number of hydrogen-bond acceptors (Lipinski definition) is 7. The van der Waals surface area contributed by atoms with Gasteiger partial charge in [0.25, 0.3) is 0 Å². The number of nitrogens with zero attached hydrogens (tertiary/aromatic N) is 1. The Morgan fingerprint density at radius 1 is 1.21 bits per heavy atom. The Hall–Kier alpha value is -2.62. The van der Waals surface area contributed by atoms with E-state index in [2.05, 4.69) is 4.98 Å². The summed E-state index contributed by atoms with van der Waals surface area (Å²) in [6.45, 7) is 2.17. The normalized spacial score (nSPS) is 13.2. The minimum Gasteiger partial charge on any atom is -0.493 e. The number of aliphatic carboxylic acids is 1. The molecule has 34 heavy (non-hydrogen) atoms. The minimum absolute atomic E-state index is 0.339. The number of carbonyl (C=O) groups is 1. The van der Waals surface area contributed by atoms with Crippen LogP contribution < -0.4 is 4.74 Å². The van der Waals surface area contributed by atoms with Crippen LogP contribution in [0.15, 0.2) is 46.2 Å². The monoisotopic (exact) mass is 521 g/mol. The smallest absolute Gasteiger partial charge is 0.335 e. The van der Waals surface area contributed by atoms with Crippen LogP contribution in [0.3, 0.4) is 0 Å². The van der Waals surface area contributed by atoms with Gasteiger partial charge in [0.05, 0.1) is 12.3 Å². The van der Waals surface area contributed by atoms with Crippen LogP contribution >= 0.6 is 34.5 Å². The summed E-state index contributed by atoms with van der Waals surface area (Å²) in [4.78, 5) is 15.9. The summed E-state index contributed by atoms with van der Waals surface area (Å²) in [6, 6.07) is 10.4. The Bertz CT molecular complexity index is 1310. The van der Waals surface area contributed by atoms with Crippen LogP contribution in [0, 0.1) is 6.92 Å². The van der Waals surface area contributed by atoms with Crippen LogP contribution in [0.25, 0.3) is 21.5 Å². The molecule has 7 nitrogen and oxygen atoms in total. The number of hydrogen-bond donors (Lipinski definition) is 2. The average molecular weight is 522 g/mol. The Morgan fingerprint density at radius 2 is 1.94 bits per heavy atom. The number of methoxy groups -OCH3 is 1. The van der Waals surface area contributed by atoms with Gasteiger partial charge in [-0.2, -0.15) is 0 Å². The van der Waals surface area contributed by atoms with E-state index in [4.69, 9.17) is 37.1 Å². The third kappa shape index (κ3) is 5.06. The van der Waals surface area contributed by atoms with E-state index in [1.165, 1.54) is 18.4 Å². The zero-order valence-electron chi connectivity index (χ0n) is 18.2. The highest BCUT2D eigenvalue weighted by atomic mass is 35.5. The lowest BCUT2D eigenvalue weighted by Gasteiger charge is -2.19. The van der Waals surface area contributed by atoms with E-state index in [0.717, 1.165) is 15.8 Å². The van der Waals surface area contributed by atoms with E-state index in [1.807, 2.05) is 18.4 Å². The summed E-state index contributed by atoms with van der Waals surface area (Å²) in [6.07, 6.45) is -2.17. The number of thiophene rings is 1.